The summed E-state index contributed by atoms with van der Waals surface area (Å²) in [5.41, 5.74) is 1.78. The van der Waals surface area contributed by atoms with Gasteiger partial charge in [-0.3, -0.25) is 9.36 Å². The van der Waals surface area contributed by atoms with Crippen molar-refractivity contribution in [1.82, 2.24) is 9.55 Å². The van der Waals surface area contributed by atoms with Gasteiger partial charge in [0.05, 0.1) is 23.3 Å². The first-order valence-corrected chi connectivity index (χ1v) is 7.58. The number of hydrogen-bond donors (Lipinski definition) is 0. The summed E-state index contributed by atoms with van der Waals surface area (Å²) in [6.45, 7) is 2.00. The van der Waals surface area contributed by atoms with Crippen molar-refractivity contribution < 1.29 is 9.59 Å². The third-order valence-corrected chi connectivity index (χ3v) is 3.94. The fraction of sp³-hybridized carbons (Fsp3) is 0.118. The standard InChI is InChI=1S/C16H13BrN2O.CO2/c1-11(12-5-3-2-4-6-12)19-10-18-15-9-13(17)7-8-14(15)16(19)20;2-1-3/h2-11H,1H3;. The van der Waals surface area contributed by atoms with Gasteiger partial charge in [-0.15, -0.1) is 0 Å². The zero-order valence-corrected chi connectivity index (χ0v) is 13.9. The van der Waals surface area contributed by atoms with E-state index in [-0.39, 0.29) is 17.8 Å². The molecule has 3 aromatic rings. The van der Waals surface area contributed by atoms with Crippen LogP contribution in [0.15, 0.2) is 64.1 Å². The Morgan fingerprint density at radius 1 is 1.13 bits per heavy atom. The summed E-state index contributed by atoms with van der Waals surface area (Å²) in [7, 11) is 0. The fourth-order valence-corrected chi connectivity index (χ4v) is 2.63. The normalized spacial score (nSPS) is 11.2. The number of rotatable bonds is 2. The van der Waals surface area contributed by atoms with Crippen LogP contribution in [0.5, 0.6) is 0 Å². The van der Waals surface area contributed by atoms with Crippen molar-refractivity contribution in [3.05, 3.63) is 75.2 Å². The molecule has 2 aromatic carbocycles. The molecule has 0 aliphatic carbocycles. The van der Waals surface area contributed by atoms with Crippen LogP contribution in [0.3, 0.4) is 0 Å². The first-order chi connectivity index (χ1) is 11.1. The van der Waals surface area contributed by atoms with Gasteiger partial charge >= 0.3 is 6.15 Å². The lowest BCUT2D eigenvalue weighted by Gasteiger charge is -2.15. The molecule has 1 heterocycles. The second-order valence-corrected chi connectivity index (χ2v) is 5.70. The molecule has 0 radical (unpaired) electrons. The smallest absolute Gasteiger partial charge is 0.291 e. The number of aromatic nitrogens is 2. The summed E-state index contributed by atoms with van der Waals surface area (Å²) in [5, 5.41) is 0.637. The quantitative estimate of drug-likeness (QED) is 0.692. The third kappa shape index (κ3) is 3.80. The van der Waals surface area contributed by atoms with Crippen molar-refractivity contribution >= 4 is 33.0 Å². The van der Waals surface area contributed by atoms with Crippen LogP contribution < -0.4 is 5.56 Å². The largest absolute Gasteiger partial charge is 0.373 e. The van der Waals surface area contributed by atoms with Crippen LogP contribution in [0.2, 0.25) is 0 Å². The van der Waals surface area contributed by atoms with Gasteiger partial charge in [-0.25, -0.2) is 4.98 Å². The van der Waals surface area contributed by atoms with E-state index in [1.165, 1.54) is 0 Å². The van der Waals surface area contributed by atoms with Crippen LogP contribution >= 0.6 is 15.9 Å². The Balaban J connectivity index is 0.000000595. The Labute approximate surface area is 140 Å². The molecule has 6 heteroatoms. The van der Waals surface area contributed by atoms with Crippen molar-refractivity contribution in [1.29, 1.82) is 0 Å². The Morgan fingerprint density at radius 3 is 2.43 bits per heavy atom. The van der Waals surface area contributed by atoms with Crippen molar-refractivity contribution in [2.75, 3.05) is 0 Å². The number of fused-ring (bicyclic) bond motifs is 1. The molecule has 0 fully saturated rings. The molecule has 0 saturated carbocycles. The number of nitrogens with zero attached hydrogens (tertiary/aromatic N) is 2. The van der Waals surface area contributed by atoms with E-state index in [1.807, 2.05) is 55.5 Å². The lowest BCUT2D eigenvalue weighted by Crippen LogP contribution is -2.24. The van der Waals surface area contributed by atoms with Gasteiger partial charge in [0.15, 0.2) is 0 Å². The number of hydrogen-bond acceptors (Lipinski definition) is 4. The lowest BCUT2D eigenvalue weighted by atomic mass is 10.1. The van der Waals surface area contributed by atoms with Crippen LogP contribution in [-0.2, 0) is 9.59 Å². The maximum Gasteiger partial charge on any atom is 0.373 e. The zero-order chi connectivity index (χ0) is 16.8. The molecular formula is C17H13BrN2O3. The molecule has 0 aliphatic heterocycles. The van der Waals surface area contributed by atoms with E-state index in [9.17, 15) is 4.79 Å². The molecule has 1 aromatic heterocycles. The van der Waals surface area contributed by atoms with E-state index < -0.39 is 0 Å². The highest BCUT2D eigenvalue weighted by Gasteiger charge is 2.11. The van der Waals surface area contributed by atoms with Gasteiger partial charge in [0.25, 0.3) is 5.56 Å². The summed E-state index contributed by atoms with van der Waals surface area (Å²) in [6.07, 6.45) is 1.87. The van der Waals surface area contributed by atoms with E-state index in [0.29, 0.717) is 10.9 Å². The molecule has 116 valence electrons. The molecule has 0 bridgehead atoms. The summed E-state index contributed by atoms with van der Waals surface area (Å²) in [4.78, 5) is 33.2. The van der Waals surface area contributed by atoms with E-state index in [2.05, 4.69) is 20.9 Å². The van der Waals surface area contributed by atoms with Gasteiger partial charge < -0.3 is 0 Å². The van der Waals surface area contributed by atoms with E-state index in [4.69, 9.17) is 9.59 Å². The molecule has 0 spiro atoms. The monoisotopic (exact) mass is 372 g/mol. The number of benzene rings is 2. The van der Waals surface area contributed by atoms with Gasteiger partial charge in [0, 0.05) is 4.47 Å². The second kappa shape index (κ2) is 7.63. The molecule has 0 saturated heterocycles. The van der Waals surface area contributed by atoms with Crippen molar-refractivity contribution in [2.24, 2.45) is 0 Å². The Morgan fingerprint density at radius 2 is 1.78 bits per heavy atom. The molecule has 0 N–H and O–H groups in total. The molecule has 23 heavy (non-hydrogen) atoms. The lowest BCUT2D eigenvalue weighted by molar-refractivity contribution is -0.191. The van der Waals surface area contributed by atoms with E-state index in [0.717, 1.165) is 10.0 Å². The van der Waals surface area contributed by atoms with Gasteiger partial charge in [-0.2, -0.15) is 9.59 Å². The Hall–Kier alpha value is -2.56. The summed E-state index contributed by atoms with van der Waals surface area (Å²) in [5.74, 6) is 0. The average Bonchev–Trinajstić information content (AvgIpc) is 2.56. The highest BCUT2D eigenvalue weighted by atomic mass is 79.9. The van der Waals surface area contributed by atoms with Crippen molar-refractivity contribution in [3.63, 3.8) is 0 Å². The molecule has 0 amide bonds. The zero-order valence-electron chi connectivity index (χ0n) is 12.3. The molecule has 3 rings (SSSR count). The van der Waals surface area contributed by atoms with Gasteiger partial charge in [0.2, 0.25) is 0 Å². The summed E-state index contributed by atoms with van der Waals surface area (Å²) >= 11 is 3.39. The van der Waals surface area contributed by atoms with Crippen LogP contribution in [0, 0.1) is 0 Å². The maximum absolute atomic E-state index is 12.6. The number of halogens is 1. The van der Waals surface area contributed by atoms with Crippen LogP contribution in [0.1, 0.15) is 18.5 Å². The molecule has 1 unspecified atom stereocenters. The Kier molecular flexibility index (Phi) is 5.57. The van der Waals surface area contributed by atoms with Gasteiger partial charge in [-0.05, 0) is 30.7 Å². The fourth-order valence-electron chi connectivity index (χ4n) is 2.28. The van der Waals surface area contributed by atoms with E-state index >= 15 is 0 Å². The predicted octanol–water partition coefficient (Wildman–Crippen LogP) is 3.18. The van der Waals surface area contributed by atoms with Crippen LogP contribution in [-0.4, -0.2) is 15.7 Å². The summed E-state index contributed by atoms with van der Waals surface area (Å²) in [6, 6.07) is 15.4. The highest BCUT2D eigenvalue weighted by molar-refractivity contribution is 9.10. The predicted molar refractivity (Wildman–Crippen MR) is 89.0 cm³/mol. The molecular weight excluding hydrogens is 360 g/mol. The molecule has 1 atom stereocenters. The minimum atomic E-state index is -0.0377. The summed E-state index contributed by atoms with van der Waals surface area (Å²) < 4.78 is 2.59. The molecule has 5 nitrogen and oxygen atoms in total. The van der Waals surface area contributed by atoms with Gasteiger partial charge in [0.1, 0.15) is 0 Å². The van der Waals surface area contributed by atoms with Crippen molar-refractivity contribution in [2.45, 2.75) is 13.0 Å². The SMILES string of the molecule is CC(c1ccccc1)n1cnc2cc(Br)ccc2c1=O.O=C=O. The van der Waals surface area contributed by atoms with E-state index in [1.54, 1.807) is 10.9 Å². The average molecular weight is 373 g/mol. The first-order valence-electron chi connectivity index (χ1n) is 6.79. The Bertz CT molecular complexity index is 901. The highest BCUT2D eigenvalue weighted by Crippen LogP contribution is 2.18. The van der Waals surface area contributed by atoms with Crippen LogP contribution in [0.25, 0.3) is 10.9 Å². The van der Waals surface area contributed by atoms with Gasteiger partial charge in [-0.1, -0.05) is 46.3 Å². The third-order valence-electron chi connectivity index (χ3n) is 3.45. The van der Waals surface area contributed by atoms with Crippen molar-refractivity contribution in [3.8, 4) is 0 Å². The minimum Gasteiger partial charge on any atom is -0.291 e. The maximum atomic E-state index is 12.6. The van der Waals surface area contributed by atoms with Crippen LogP contribution in [0.4, 0.5) is 0 Å². The first kappa shape index (κ1) is 16.8. The number of carbonyl (C=O) groups excluding carboxylic acids is 2. The second-order valence-electron chi connectivity index (χ2n) is 4.79. The minimum absolute atomic E-state index is 0.0150. The molecule has 0 aliphatic rings. The topological polar surface area (TPSA) is 69.0 Å².